The maximum Gasteiger partial charge on any atom is 0.145 e. The third-order valence-corrected chi connectivity index (χ3v) is 4.39. The van der Waals surface area contributed by atoms with Crippen molar-refractivity contribution in [3.8, 4) is 11.3 Å². The van der Waals surface area contributed by atoms with Gasteiger partial charge in [-0.1, -0.05) is 42.0 Å². The van der Waals surface area contributed by atoms with Gasteiger partial charge in [0.25, 0.3) is 0 Å². The molecule has 22 heavy (non-hydrogen) atoms. The summed E-state index contributed by atoms with van der Waals surface area (Å²) in [4.78, 5) is 4.70. The maximum atomic E-state index is 4.70. The van der Waals surface area contributed by atoms with Crippen LogP contribution in [0.25, 0.3) is 27.7 Å². The lowest BCUT2D eigenvalue weighted by Gasteiger charge is -2.10. The number of rotatable bonds is 1. The van der Waals surface area contributed by atoms with E-state index in [1.165, 1.54) is 33.0 Å². The van der Waals surface area contributed by atoms with E-state index in [4.69, 9.17) is 4.98 Å². The number of hydrogen-bond donors (Lipinski definition) is 0. The lowest BCUT2D eigenvalue weighted by molar-refractivity contribution is 1.19. The van der Waals surface area contributed by atoms with Crippen LogP contribution in [0.2, 0.25) is 0 Å². The molecule has 0 atom stereocenters. The van der Waals surface area contributed by atoms with Gasteiger partial charge in [0.05, 0.1) is 11.9 Å². The highest BCUT2D eigenvalue weighted by atomic mass is 15.0. The largest absolute Gasteiger partial charge is 0.299 e. The first-order valence-corrected chi connectivity index (χ1v) is 7.58. The first kappa shape index (κ1) is 13.1. The van der Waals surface area contributed by atoms with Crippen molar-refractivity contribution in [2.24, 2.45) is 0 Å². The molecule has 0 unspecified atom stereocenters. The summed E-state index contributed by atoms with van der Waals surface area (Å²) in [6, 6.07) is 15.1. The van der Waals surface area contributed by atoms with E-state index in [9.17, 15) is 0 Å². The highest BCUT2D eigenvalue weighted by Crippen LogP contribution is 2.30. The molecule has 0 fully saturated rings. The van der Waals surface area contributed by atoms with E-state index in [-0.39, 0.29) is 0 Å². The van der Waals surface area contributed by atoms with Crippen LogP contribution < -0.4 is 0 Å². The fourth-order valence-corrected chi connectivity index (χ4v) is 3.29. The molecule has 0 bridgehead atoms. The minimum atomic E-state index is 1.02. The van der Waals surface area contributed by atoms with Crippen LogP contribution in [0.3, 0.4) is 0 Å². The summed E-state index contributed by atoms with van der Waals surface area (Å²) < 4.78 is 2.20. The molecule has 2 heterocycles. The molecular weight excluding hydrogens is 268 g/mol. The number of aromatic nitrogens is 2. The fourth-order valence-electron chi connectivity index (χ4n) is 3.29. The van der Waals surface area contributed by atoms with Crippen molar-refractivity contribution in [2.75, 3.05) is 0 Å². The lowest BCUT2D eigenvalue weighted by atomic mass is 10.0. The molecule has 2 nitrogen and oxygen atoms in total. The number of imidazole rings is 1. The Kier molecular flexibility index (Phi) is 2.80. The number of fused-ring (bicyclic) bond motifs is 3. The first-order chi connectivity index (χ1) is 10.6. The average Bonchev–Trinajstić information content (AvgIpc) is 2.91. The molecule has 108 valence electrons. The highest BCUT2D eigenvalue weighted by molar-refractivity contribution is 5.95. The summed E-state index contributed by atoms with van der Waals surface area (Å²) >= 11 is 0. The molecule has 4 aromatic rings. The van der Waals surface area contributed by atoms with Gasteiger partial charge in [-0.05, 0) is 43.4 Å². The van der Waals surface area contributed by atoms with Crippen LogP contribution in [0.15, 0.2) is 54.9 Å². The van der Waals surface area contributed by atoms with Crippen molar-refractivity contribution < 1.29 is 0 Å². The monoisotopic (exact) mass is 286 g/mol. The smallest absolute Gasteiger partial charge is 0.145 e. The number of hydrogen-bond acceptors (Lipinski definition) is 1. The third-order valence-electron chi connectivity index (χ3n) is 4.39. The summed E-state index contributed by atoms with van der Waals surface area (Å²) in [5.74, 6) is 0. The maximum absolute atomic E-state index is 4.70. The Balaban J connectivity index is 2.07. The molecule has 0 aliphatic rings. The van der Waals surface area contributed by atoms with Gasteiger partial charge in [-0.25, -0.2) is 4.98 Å². The topological polar surface area (TPSA) is 17.3 Å². The van der Waals surface area contributed by atoms with Gasteiger partial charge in [0, 0.05) is 17.1 Å². The Hall–Kier alpha value is -2.61. The molecule has 2 heteroatoms. The Bertz CT molecular complexity index is 989. The number of pyridine rings is 1. The normalized spacial score (nSPS) is 11.4. The number of aryl methyl sites for hydroxylation is 3. The van der Waals surface area contributed by atoms with Crippen molar-refractivity contribution in [3.05, 3.63) is 71.5 Å². The second-order valence-electron chi connectivity index (χ2n) is 6.01. The molecule has 0 radical (unpaired) electrons. The molecule has 2 aromatic heterocycles. The van der Waals surface area contributed by atoms with E-state index in [0.717, 1.165) is 11.3 Å². The van der Waals surface area contributed by atoms with E-state index >= 15 is 0 Å². The van der Waals surface area contributed by atoms with E-state index in [0.29, 0.717) is 0 Å². The van der Waals surface area contributed by atoms with Crippen LogP contribution in [-0.4, -0.2) is 9.38 Å². The SMILES string of the molecule is Cc1ccc2c(ccn3c(-c4c(C)cccc4C)cnc23)c1. The molecule has 0 aliphatic heterocycles. The van der Waals surface area contributed by atoms with Crippen LogP contribution in [0.4, 0.5) is 0 Å². The molecule has 2 aromatic carbocycles. The predicted molar refractivity (Wildman–Crippen MR) is 92.3 cm³/mol. The van der Waals surface area contributed by atoms with Crippen molar-refractivity contribution in [1.29, 1.82) is 0 Å². The van der Waals surface area contributed by atoms with Gasteiger partial charge in [0.15, 0.2) is 0 Å². The molecule has 0 saturated heterocycles. The minimum Gasteiger partial charge on any atom is -0.299 e. The number of benzene rings is 2. The van der Waals surface area contributed by atoms with E-state index in [1.54, 1.807) is 0 Å². The lowest BCUT2D eigenvalue weighted by Crippen LogP contribution is -1.93. The second-order valence-corrected chi connectivity index (χ2v) is 6.01. The Labute approximate surface area is 130 Å². The zero-order valence-corrected chi connectivity index (χ0v) is 13.1. The fraction of sp³-hybridized carbons (Fsp3) is 0.150. The van der Waals surface area contributed by atoms with Gasteiger partial charge < -0.3 is 0 Å². The molecule has 0 saturated carbocycles. The van der Waals surface area contributed by atoms with Crippen molar-refractivity contribution in [1.82, 2.24) is 9.38 Å². The van der Waals surface area contributed by atoms with Crippen LogP contribution >= 0.6 is 0 Å². The second kappa shape index (κ2) is 4.70. The zero-order chi connectivity index (χ0) is 15.3. The van der Waals surface area contributed by atoms with E-state index < -0.39 is 0 Å². The molecule has 0 N–H and O–H groups in total. The predicted octanol–water partition coefficient (Wildman–Crippen LogP) is 5.08. The van der Waals surface area contributed by atoms with Gasteiger partial charge in [-0.3, -0.25) is 4.40 Å². The quantitative estimate of drug-likeness (QED) is 0.477. The van der Waals surface area contributed by atoms with Gasteiger partial charge in [-0.2, -0.15) is 0 Å². The Morgan fingerprint density at radius 1 is 0.909 bits per heavy atom. The summed E-state index contributed by atoms with van der Waals surface area (Å²) in [6.07, 6.45) is 4.12. The third kappa shape index (κ3) is 1.84. The van der Waals surface area contributed by atoms with Gasteiger partial charge in [0.2, 0.25) is 0 Å². The summed E-state index contributed by atoms with van der Waals surface area (Å²) in [6.45, 7) is 6.44. The van der Waals surface area contributed by atoms with E-state index in [1.807, 2.05) is 6.20 Å². The average molecular weight is 286 g/mol. The Morgan fingerprint density at radius 3 is 2.45 bits per heavy atom. The standard InChI is InChI=1S/C20H18N2/c1-13-7-8-17-16(11-13)9-10-22-18(12-21-20(17)22)19-14(2)5-4-6-15(19)3/h4-12H,1-3H3. The van der Waals surface area contributed by atoms with Crippen LogP contribution in [-0.2, 0) is 0 Å². The zero-order valence-electron chi connectivity index (χ0n) is 13.1. The number of nitrogens with zero attached hydrogens (tertiary/aromatic N) is 2. The van der Waals surface area contributed by atoms with Crippen molar-refractivity contribution in [3.63, 3.8) is 0 Å². The Morgan fingerprint density at radius 2 is 1.68 bits per heavy atom. The van der Waals surface area contributed by atoms with Gasteiger partial charge >= 0.3 is 0 Å². The van der Waals surface area contributed by atoms with Gasteiger partial charge in [0.1, 0.15) is 5.65 Å². The van der Waals surface area contributed by atoms with Crippen LogP contribution in [0.5, 0.6) is 0 Å². The van der Waals surface area contributed by atoms with Crippen molar-refractivity contribution >= 4 is 16.4 Å². The summed E-state index contributed by atoms with van der Waals surface area (Å²) in [7, 11) is 0. The van der Waals surface area contributed by atoms with Crippen LogP contribution in [0, 0.1) is 20.8 Å². The molecule has 0 spiro atoms. The first-order valence-electron chi connectivity index (χ1n) is 7.58. The van der Waals surface area contributed by atoms with Gasteiger partial charge in [-0.15, -0.1) is 0 Å². The molecular formula is C20H18N2. The molecule has 0 aliphatic carbocycles. The minimum absolute atomic E-state index is 1.02. The van der Waals surface area contributed by atoms with Crippen molar-refractivity contribution in [2.45, 2.75) is 20.8 Å². The van der Waals surface area contributed by atoms with E-state index in [2.05, 4.69) is 73.8 Å². The van der Waals surface area contributed by atoms with Crippen LogP contribution in [0.1, 0.15) is 16.7 Å². The molecule has 4 rings (SSSR count). The summed E-state index contributed by atoms with van der Waals surface area (Å²) in [5.41, 5.74) is 7.31. The molecule has 0 amide bonds. The highest BCUT2D eigenvalue weighted by Gasteiger charge is 2.12. The summed E-state index contributed by atoms with van der Waals surface area (Å²) in [5, 5.41) is 2.44.